The van der Waals surface area contributed by atoms with Crippen molar-refractivity contribution in [1.29, 1.82) is 0 Å². The first-order chi connectivity index (χ1) is 23.1. The standard InChI is InChI=1S/C35H53FN2O7.2CH4O/c1-20-15-22(3)44-23(4)26(20)19-38-14-13-37-12-10-30(41)45-35(31(42)43)21(2)16-28-27-8-7-24-17-25(39)9-11-32(24,5)34(27,36)29(40)18-33(28,35)6;2*1-2/h9,11,17,20-23,26-29,37-38,40H,7-8,10,12-16,18-19H2,1-6H3,(H,42,43);2*2H,1H3/t20?,21-,22+,23?,26+,27?,28?,29+,32+,33+,34+,35+;;/m1../s1. The van der Waals surface area contributed by atoms with Crippen LogP contribution in [0.5, 0.6) is 0 Å². The van der Waals surface area contributed by atoms with Gasteiger partial charge in [0.05, 0.1) is 24.7 Å². The van der Waals surface area contributed by atoms with Crippen LogP contribution in [0.4, 0.5) is 4.39 Å². The molecule has 12 heteroatoms. The number of fused-ring (bicyclic) bond motifs is 5. The molecular formula is C37H61FN2O9. The van der Waals surface area contributed by atoms with Gasteiger partial charge in [-0.05, 0) is 82.8 Å². The third-order valence-corrected chi connectivity index (χ3v) is 12.6. The quantitative estimate of drug-likeness (QED) is 0.146. The number of ketones is 1. The molecule has 6 N–H and O–H groups in total. The van der Waals surface area contributed by atoms with E-state index in [0.29, 0.717) is 49.8 Å². The van der Waals surface area contributed by atoms with Gasteiger partial charge < -0.3 is 40.5 Å². The number of carboxylic acid groups (broad SMARTS) is 1. The fourth-order valence-electron chi connectivity index (χ4n) is 10.3. The maximum atomic E-state index is 17.4. The molecular weight excluding hydrogens is 635 g/mol. The molecule has 5 rings (SSSR count). The van der Waals surface area contributed by atoms with Gasteiger partial charge in [0.15, 0.2) is 11.5 Å². The van der Waals surface area contributed by atoms with Crippen molar-refractivity contribution in [3.05, 3.63) is 23.8 Å². The Balaban J connectivity index is 0.00000157. The van der Waals surface area contributed by atoms with Gasteiger partial charge in [-0.25, -0.2) is 9.18 Å². The van der Waals surface area contributed by atoms with Crippen LogP contribution in [0.3, 0.4) is 0 Å². The summed E-state index contributed by atoms with van der Waals surface area (Å²) in [5, 5.41) is 43.0. The lowest BCUT2D eigenvalue weighted by Gasteiger charge is -2.62. The average molecular weight is 697 g/mol. The van der Waals surface area contributed by atoms with Crippen molar-refractivity contribution < 1.29 is 48.7 Å². The normalized spacial score (nSPS) is 42.2. The van der Waals surface area contributed by atoms with Gasteiger partial charge in [0, 0.05) is 63.1 Å². The van der Waals surface area contributed by atoms with Gasteiger partial charge in [-0.2, -0.15) is 0 Å². The molecule has 4 unspecified atom stereocenters. The van der Waals surface area contributed by atoms with E-state index in [4.69, 9.17) is 19.7 Å². The van der Waals surface area contributed by atoms with E-state index in [-0.39, 0.29) is 30.8 Å². The van der Waals surface area contributed by atoms with Crippen LogP contribution in [0, 0.1) is 40.4 Å². The number of hydrogen-bond acceptors (Lipinski definition) is 10. The zero-order valence-electron chi connectivity index (χ0n) is 30.6. The summed E-state index contributed by atoms with van der Waals surface area (Å²) in [4.78, 5) is 38.4. The number of esters is 1. The SMILES string of the molecule is CC1C[C@H](C)OC(C)[C@H]1CNCCNCCC(=O)O[C@]1(C(=O)O)[C@H](C)CC2C3CCC4=CC(=O)C=C[C@]4(C)[C@@]3(F)[C@@H](O)C[C@@]21C.CO.CO. The van der Waals surface area contributed by atoms with E-state index in [1.54, 1.807) is 26.8 Å². The number of carboxylic acids is 1. The first-order valence-electron chi connectivity index (χ1n) is 17.8. The Kier molecular flexibility index (Phi) is 13.8. The number of aliphatic carboxylic acids is 1. The Bertz CT molecular complexity index is 1230. The lowest BCUT2D eigenvalue weighted by molar-refractivity contribution is -0.234. The van der Waals surface area contributed by atoms with E-state index >= 15 is 4.39 Å². The summed E-state index contributed by atoms with van der Waals surface area (Å²) in [6.07, 6.45) is 5.55. The molecule has 0 aromatic carbocycles. The first-order valence-corrected chi connectivity index (χ1v) is 17.8. The highest BCUT2D eigenvalue weighted by Crippen LogP contribution is 2.71. The topological polar surface area (TPSA) is 175 Å². The molecule has 1 saturated heterocycles. The molecule has 3 saturated carbocycles. The molecule has 0 amide bonds. The summed E-state index contributed by atoms with van der Waals surface area (Å²) in [5.41, 5.74) is -5.64. The number of allylic oxidation sites excluding steroid dienone is 4. The van der Waals surface area contributed by atoms with Crippen LogP contribution in [-0.4, -0.2) is 108 Å². The lowest BCUT2D eigenvalue weighted by Crippen LogP contribution is -2.69. The van der Waals surface area contributed by atoms with Gasteiger partial charge in [0.1, 0.15) is 0 Å². The molecule has 280 valence electrons. The van der Waals surface area contributed by atoms with Crippen molar-refractivity contribution in [2.45, 2.75) is 110 Å². The predicted molar refractivity (Wildman–Crippen MR) is 183 cm³/mol. The van der Waals surface area contributed by atoms with Crippen LogP contribution in [0.15, 0.2) is 23.8 Å². The average Bonchev–Trinajstić information content (AvgIpc) is 3.26. The van der Waals surface area contributed by atoms with E-state index in [0.717, 1.165) is 33.7 Å². The largest absolute Gasteiger partial charge is 0.478 e. The van der Waals surface area contributed by atoms with Gasteiger partial charge >= 0.3 is 11.9 Å². The van der Waals surface area contributed by atoms with Crippen molar-refractivity contribution in [3.8, 4) is 0 Å². The van der Waals surface area contributed by atoms with E-state index in [1.165, 1.54) is 12.2 Å². The molecule has 0 spiro atoms. The van der Waals surface area contributed by atoms with Crippen molar-refractivity contribution in [2.24, 2.45) is 40.4 Å². The van der Waals surface area contributed by atoms with Crippen LogP contribution in [0.1, 0.15) is 80.1 Å². The fraction of sp³-hybridized carbons (Fsp3) is 0.811. The summed E-state index contributed by atoms with van der Waals surface area (Å²) in [5.74, 6) is -2.70. The second-order valence-corrected chi connectivity index (χ2v) is 15.1. The van der Waals surface area contributed by atoms with E-state index in [9.17, 15) is 24.6 Å². The van der Waals surface area contributed by atoms with Crippen molar-refractivity contribution >= 4 is 17.7 Å². The Morgan fingerprint density at radius 3 is 2.31 bits per heavy atom. The Morgan fingerprint density at radius 2 is 1.67 bits per heavy atom. The molecule has 4 aliphatic carbocycles. The van der Waals surface area contributed by atoms with E-state index in [2.05, 4.69) is 31.4 Å². The van der Waals surface area contributed by atoms with Gasteiger partial charge in [0.2, 0.25) is 5.60 Å². The number of aliphatic hydroxyl groups is 3. The molecule has 4 fully saturated rings. The van der Waals surface area contributed by atoms with Gasteiger partial charge in [0.25, 0.3) is 0 Å². The van der Waals surface area contributed by atoms with Crippen LogP contribution in [0.2, 0.25) is 0 Å². The highest BCUT2D eigenvalue weighted by Gasteiger charge is 2.77. The van der Waals surface area contributed by atoms with Crippen LogP contribution in [-0.2, 0) is 23.9 Å². The minimum absolute atomic E-state index is 0.00496. The first kappa shape index (κ1) is 41.2. The number of nitrogens with one attached hydrogen (secondary N) is 2. The van der Waals surface area contributed by atoms with Crippen LogP contribution in [0.25, 0.3) is 0 Å². The number of halogens is 1. The number of aliphatic hydroxyl groups excluding tert-OH is 3. The van der Waals surface area contributed by atoms with Gasteiger partial charge in [-0.3, -0.25) is 9.59 Å². The summed E-state index contributed by atoms with van der Waals surface area (Å²) >= 11 is 0. The molecule has 0 radical (unpaired) electrons. The number of alkyl halides is 1. The monoisotopic (exact) mass is 696 g/mol. The van der Waals surface area contributed by atoms with Crippen molar-refractivity contribution in [1.82, 2.24) is 10.6 Å². The molecule has 0 aromatic heterocycles. The minimum atomic E-state index is -2.08. The second kappa shape index (κ2) is 16.4. The molecule has 1 heterocycles. The third-order valence-electron chi connectivity index (χ3n) is 12.6. The molecule has 11 nitrogen and oxygen atoms in total. The Labute approximate surface area is 291 Å². The fourth-order valence-corrected chi connectivity index (χ4v) is 10.3. The summed E-state index contributed by atoms with van der Waals surface area (Å²) < 4.78 is 29.4. The van der Waals surface area contributed by atoms with Crippen molar-refractivity contribution in [2.75, 3.05) is 40.4 Å². The van der Waals surface area contributed by atoms with Crippen LogP contribution >= 0.6 is 0 Å². The maximum absolute atomic E-state index is 17.4. The zero-order chi connectivity index (χ0) is 36.9. The molecule has 0 bridgehead atoms. The minimum Gasteiger partial charge on any atom is -0.478 e. The van der Waals surface area contributed by atoms with E-state index < -0.39 is 57.9 Å². The molecule has 1 aliphatic heterocycles. The highest BCUT2D eigenvalue weighted by atomic mass is 19.1. The molecule has 0 aromatic rings. The number of carbonyl (C=O) groups is 3. The second-order valence-electron chi connectivity index (χ2n) is 15.1. The van der Waals surface area contributed by atoms with E-state index in [1.807, 2.05) is 0 Å². The number of ether oxygens (including phenoxy) is 2. The molecule has 5 aliphatic rings. The highest BCUT2D eigenvalue weighted by molar-refractivity contribution is 6.01. The Hall–Kier alpha value is -2.22. The van der Waals surface area contributed by atoms with Crippen LogP contribution < -0.4 is 10.6 Å². The lowest BCUT2D eigenvalue weighted by atomic mass is 9.44. The molecule has 49 heavy (non-hydrogen) atoms. The maximum Gasteiger partial charge on any atom is 0.349 e. The summed E-state index contributed by atoms with van der Waals surface area (Å²) in [7, 11) is 2.00. The van der Waals surface area contributed by atoms with Gasteiger partial charge in [-0.15, -0.1) is 0 Å². The number of hydrogen-bond donors (Lipinski definition) is 6. The number of carbonyl (C=O) groups excluding carboxylic acids is 2. The zero-order valence-corrected chi connectivity index (χ0v) is 30.6. The van der Waals surface area contributed by atoms with Crippen molar-refractivity contribution in [3.63, 3.8) is 0 Å². The summed E-state index contributed by atoms with van der Waals surface area (Å²) in [6, 6.07) is 0. The predicted octanol–water partition coefficient (Wildman–Crippen LogP) is 3.21. The molecule has 12 atom stereocenters. The summed E-state index contributed by atoms with van der Waals surface area (Å²) in [6.45, 7) is 14.3. The Morgan fingerprint density at radius 1 is 1.02 bits per heavy atom. The van der Waals surface area contributed by atoms with Gasteiger partial charge in [-0.1, -0.05) is 32.4 Å². The number of rotatable bonds is 10. The third kappa shape index (κ3) is 7.15. The smallest absolute Gasteiger partial charge is 0.349 e.